The predicted molar refractivity (Wildman–Crippen MR) is 85.7 cm³/mol. The second-order valence-corrected chi connectivity index (χ2v) is 6.98. The van der Waals surface area contributed by atoms with Gasteiger partial charge < -0.3 is 20.1 Å². The number of likely N-dealkylation sites (tertiary alicyclic amines) is 1. The number of nitrogens with zero attached hydrogens (tertiary/aromatic N) is 1. The predicted octanol–water partition coefficient (Wildman–Crippen LogP) is 2.88. The van der Waals surface area contributed by atoms with Gasteiger partial charge in [-0.1, -0.05) is 0 Å². The third kappa shape index (κ3) is 5.39. The third-order valence-electron chi connectivity index (χ3n) is 3.73. The minimum Gasteiger partial charge on any atom is -0.508 e. The molecule has 0 radical (unpaired) electrons. The summed E-state index contributed by atoms with van der Waals surface area (Å²) in [6, 6.07) is 3.91. The SMILES string of the molecule is CC(C)(C)OC(=O)N1CCC(CNCc2cc(F)ccc2O)C1. The summed E-state index contributed by atoms with van der Waals surface area (Å²) in [4.78, 5) is 13.7. The fourth-order valence-electron chi connectivity index (χ4n) is 2.60. The summed E-state index contributed by atoms with van der Waals surface area (Å²) in [6.45, 7) is 7.99. The molecule has 128 valence electrons. The number of rotatable bonds is 4. The van der Waals surface area contributed by atoms with E-state index in [2.05, 4.69) is 5.32 Å². The van der Waals surface area contributed by atoms with Gasteiger partial charge in [0, 0.05) is 31.7 Å². The lowest BCUT2D eigenvalue weighted by atomic mass is 10.1. The van der Waals surface area contributed by atoms with Crippen LogP contribution in [-0.4, -0.2) is 41.3 Å². The van der Waals surface area contributed by atoms with E-state index in [0.29, 0.717) is 37.7 Å². The molecule has 2 rings (SSSR count). The maximum absolute atomic E-state index is 13.2. The molecule has 1 unspecified atom stereocenters. The van der Waals surface area contributed by atoms with Crippen LogP contribution < -0.4 is 5.32 Å². The number of benzene rings is 1. The second-order valence-electron chi connectivity index (χ2n) is 6.98. The number of hydrogen-bond donors (Lipinski definition) is 2. The minimum atomic E-state index is -0.484. The molecule has 1 atom stereocenters. The van der Waals surface area contributed by atoms with Crippen LogP contribution in [0.4, 0.5) is 9.18 Å². The maximum atomic E-state index is 13.2. The Kier molecular flexibility index (Phi) is 5.46. The molecule has 6 heteroatoms. The highest BCUT2D eigenvalue weighted by molar-refractivity contribution is 5.68. The zero-order chi connectivity index (χ0) is 17.0. The van der Waals surface area contributed by atoms with Crippen molar-refractivity contribution >= 4 is 6.09 Å². The molecule has 1 amide bonds. The molecule has 1 aliphatic heterocycles. The van der Waals surface area contributed by atoms with E-state index in [-0.39, 0.29) is 17.7 Å². The molecule has 0 bridgehead atoms. The van der Waals surface area contributed by atoms with Gasteiger partial charge in [-0.25, -0.2) is 9.18 Å². The molecule has 0 spiro atoms. The first-order chi connectivity index (χ1) is 10.7. The topological polar surface area (TPSA) is 61.8 Å². The second kappa shape index (κ2) is 7.17. The summed E-state index contributed by atoms with van der Waals surface area (Å²) in [5.74, 6) is 0.0514. The van der Waals surface area contributed by atoms with Crippen molar-refractivity contribution in [1.29, 1.82) is 0 Å². The first-order valence-corrected chi connectivity index (χ1v) is 7.90. The molecule has 1 heterocycles. The highest BCUT2D eigenvalue weighted by Crippen LogP contribution is 2.20. The monoisotopic (exact) mass is 324 g/mol. The number of phenolic OH excluding ortho intramolecular Hbond substituents is 1. The average molecular weight is 324 g/mol. The molecular weight excluding hydrogens is 299 g/mol. The minimum absolute atomic E-state index is 0.0840. The van der Waals surface area contributed by atoms with Crippen molar-refractivity contribution in [3.8, 4) is 5.75 Å². The highest BCUT2D eigenvalue weighted by atomic mass is 19.1. The lowest BCUT2D eigenvalue weighted by Gasteiger charge is -2.24. The van der Waals surface area contributed by atoms with Crippen LogP contribution in [0.2, 0.25) is 0 Å². The first kappa shape index (κ1) is 17.5. The summed E-state index contributed by atoms with van der Waals surface area (Å²) in [6.07, 6.45) is 0.629. The van der Waals surface area contributed by atoms with Gasteiger partial charge in [0.2, 0.25) is 0 Å². The lowest BCUT2D eigenvalue weighted by molar-refractivity contribution is 0.0288. The Morgan fingerprint density at radius 3 is 2.91 bits per heavy atom. The maximum Gasteiger partial charge on any atom is 0.410 e. The average Bonchev–Trinajstić information content (AvgIpc) is 2.90. The van der Waals surface area contributed by atoms with Gasteiger partial charge in [-0.05, 0) is 51.3 Å². The van der Waals surface area contributed by atoms with Crippen LogP contribution in [0.25, 0.3) is 0 Å². The van der Waals surface area contributed by atoms with Gasteiger partial charge >= 0.3 is 6.09 Å². The van der Waals surface area contributed by atoms with Crippen LogP contribution in [-0.2, 0) is 11.3 Å². The van der Waals surface area contributed by atoms with Gasteiger partial charge in [-0.3, -0.25) is 0 Å². The van der Waals surface area contributed by atoms with Crippen LogP contribution >= 0.6 is 0 Å². The molecule has 1 aromatic rings. The Bertz CT molecular complexity index is 557. The molecule has 1 aromatic carbocycles. The van der Waals surface area contributed by atoms with Crippen LogP contribution in [0.1, 0.15) is 32.8 Å². The van der Waals surface area contributed by atoms with E-state index < -0.39 is 5.60 Å². The van der Waals surface area contributed by atoms with E-state index in [1.54, 1.807) is 4.90 Å². The number of ether oxygens (including phenoxy) is 1. The quantitative estimate of drug-likeness (QED) is 0.894. The van der Waals surface area contributed by atoms with Crippen molar-refractivity contribution in [2.24, 2.45) is 5.92 Å². The largest absolute Gasteiger partial charge is 0.508 e. The molecule has 0 saturated carbocycles. The smallest absolute Gasteiger partial charge is 0.410 e. The van der Waals surface area contributed by atoms with Gasteiger partial charge in [0.1, 0.15) is 17.2 Å². The molecule has 1 aliphatic rings. The van der Waals surface area contributed by atoms with E-state index in [9.17, 15) is 14.3 Å². The third-order valence-corrected chi connectivity index (χ3v) is 3.73. The fourth-order valence-corrected chi connectivity index (χ4v) is 2.60. The van der Waals surface area contributed by atoms with Gasteiger partial charge in [-0.15, -0.1) is 0 Å². The number of halogens is 1. The molecule has 2 N–H and O–H groups in total. The van der Waals surface area contributed by atoms with Gasteiger partial charge in [-0.2, -0.15) is 0 Å². The van der Waals surface area contributed by atoms with E-state index in [0.717, 1.165) is 6.42 Å². The van der Waals surface area contributed by atoms with Gasteiger partial charge in [0.05, 0.1) is 0 Å². The Labute approximate surface area is 136 Å². The normalized spacial score (nSPS) is 18.3. The highest BCUT2D eigenvalue weighted by Gasteiger charge is 2.29. The van der Waals surface area contributed by atoms with E-state index in [1.807, 2.05) is 20.8 Å². The molecule has 0 aliphatic carbocycles. The van der Waals surface area contributed by atoms with Gasteiger partial charge in [0.25, 0.3) is 0 Å². The fraction of sp³-hybridized carbons (Fsp3) is 0.588. The van der Waals surface area contributed by atoms with Crippen molar-refractivity contribution in [3.05, 3.63) is 29.6 Å². The molecule has 23 heavy (non-hydrogen) atoms. The molecule has 5 nitrogen and oxygen atoms in total. The zero-order valence-corrected chi connectivity index (χ0v) is 13.9. The first-order valence-electron chi connectivity index (χ1n) is 7.90. The van der Waals surface area contributed by atoms with Crippen molar-refractivity contribution in [2.45, 2.75) is 39.3 Å². The number of hydrogen-bond acceptors (Lipinski definition) is 4. The van der Waals surface area contributed by atoms with Crippen LogP contribution in [0.15, 0.2) is 18.2 Å². The number of amides is 1. The lowest BCUT2D eigenvalue weighted by Crippen LogP contribution is -2.36. The Morgan fingerprint density at radius 1 is 1.48 bits per heavy atom. The standard InChI is InChI=1S/C17H25FN2O3/c1-17(2,3)23-16(22)20-7-6-12(11-20)9-19-10-13-8-14(18)4-5-15(13)21/h4-5,8,12,19,21H,6-7,9-11H2,1-3H3. The van der Waals surface area contributed by atoms with E-state index >= 15 is 0 Å². The Balaban J connectivity index is 1.76. The van der Waals surface area contributed by atoms with Crippen molar-refractivity contribution in [1.82, 2.24) is 10.2 Å². The van der Waals surface area contributed by atoms with Crippen LogP contribution in [0, 0.1) is 11.7 Å². The van der Waals surface area contributed by atoms with Crippen molar-refractivity contribution < 1.29 is 19.0 Å². The molecule has 0 aromatic heterocycles. The number of phenols is 1. The molecule has 1 fully saturated rings. The van der Waals surface area contributed by atoms with E-state index in [4.69, 9.17) is 4.74 Å². The summed E-state index contributed by atoms with van der Waals surface area (Å²) >= 11 is 0. The number of carbonyl (C=O) groups is 1. The van der Waals surface area contributed by atoms with E-state index in [1.165, 1.54) is 18.2 Å². The summed E-state index contributed by atoms with van der Waals surface area (Å²) in [7, 11) is 0. The molecule has 1 saturated heterocycles. The zero-order valence-electron chi connectivity index (χ0n) is 13.9. The van der Waals surface area contributed by atoms with Crippen molar-refractivity contribution in [2.75, 3.05) is 19.6 Å². The van der Waals surface area contributed by atoms with Gasteiger partial charge in [0.15, 0.2) is 0 Å². The van der Waals surface area contributed by atoms with Crippen LogP contribution in [0.5, 0.6) is 5.75 Å². The number of nitrogens with one attached hydrogen (secondary N) is 1. The number of aromatic hydroxyl groups is 1. The summed E-state index contributed by atoms with van der Waals surface area (Å²) in [5, 5.41) is 12.9. The Hall–Kier alpha value is -1.82. The molecular formula is C17H25FN2O3. The van der Waals surface area contributed by atoms with Crippen molar-refractivity contribution in [3.63, 3.8) is 0 Å². The Morgan fingerprint density at radius 2 is 2.22 bits per heavy atom. The number of carbonyl (C=O) groups excluding carboxylic acids is 1. The summed E-state index contributed by atoms with van der Waals surface area (Å²) < 4.78 is 18.5. The summed E-state index contributed by atoms with van der Waals surface area (Å²) in [5.41, 5.74) is 0.0505. The van der Waals surface area contributed by atoms with Crippen LogP contribution in [0.3, 0.4) is 0 Å².